The van der Waals surface area contributed by atoms with Gasteiger partial charge >= 0.3 is 0 Å². The van der Waals surface area contributed by atoms with Crippen molar-refractivity contribution in [2.75, 3.05) is 6.54 Å². The molecule has 0 saturated heterocycles. The van der Waals surface area contributed by atoms with E-state index < -0.39 is 4.92 Å². The summed E-state index contributed by atoms with van der Waals surface area (Å²) in [6.07, 6.45) is 2.94. The van der Waals surface area contributed by atoms with Crippen molar-refractivity contribution in [3.63, 3.8) is 0 Å². The Morgan fingerprint density at radius 2 is 2.05 bits per heavy atom. The maximum Gasteiger partial charge on any atom is 0.268 e. The van der Waals surface area contributed by atoms with Gasteiger partial charge in [-0.3, -0.25) is 15.3 Å². The van der Waals surface area contributed by atoms with Crippen molar-refractivity contribution in [1.29, 1.82) is 0 Å². The topological polar surface area (TPSA) is 86.8 Å². The molecule has 0 aliphatic carbocycles. The maximum absolute atomic E-state index is 10.8. The van der Waals surface area contributed by atoms with E-state index in [0.717, 1.165) is 27.0 Å². The first-order valence-electron chi connectivity index (χ1n) is 6.74. The molecule has 2 N–H and O–H groups in total. The summed E-state index contributed by atoms with van der Waals surface area (Å²) < 4.78 is 0. The van der Waals surface area contributed by atoms with Crippen LogP contribution in [0.2, 0.25) is 0 Å². The van der Waals surface area contributed by atoms with E-state index in [4.69, 9.17) is 0 Å². The van der Waals surface area contributed by atoms with Gasteiger partial charge in [0.05, 0.1) is 17.2 Å². The molecule has 6 heteroatoms. The molecule has 22 heavy (non-hydrogen) atoms. The summed E-state index contributed by atoms with van der Waals surface area (Å²) in [5, 5.41) is 32.8. The minimum Gasteiger partial charge on any atom is -0.392 e. The molecule has 0 unspecified atom stereocenters. The number of hydroxylamine groups is 2. The summed E-state index contributed by atoms with van der Waals surface area (Å²) in [7, 11) is 0. The van der Waals surface area contributed by atoms with Crippen LogP contribution >= 0.6 is 0 Å². The monoisotopic (exact) mass is 298 g/mol. The molecule has 3 rings (SSSR count). The Kier molecular flexibility index (Phi) is 3.62. The van der Waals surface area contributed by atoms with Gasteiger partial charge in [0, 0.05) is 11.6 Å². The molecule has 0 bridgehead atoms. The van der Waals surface area contributed by atoms with Crippen LogP contribution in [0.4, 0.5) is 0 Å². The van der Waals surface area contributed by atoms with Gasteiger partial charge in [-0.25, -0.2) is 5.06 Å². The number of hydrogen-bond donors (Lipinski definition) is 2. The number of hydrogen-bond acceptors (Lipinski definition) is 5. The quantitative estimate of drug-likeness (QED) is 0.671. The minimum atomic E-state index is -0.507. The molecule has 1 aliphatic rings. The summed E-state index contributed by atoms with van der Waals surface area (Å²) >= 11 is 0. The molecule has 2 aromatic carbocycles. The lowest BCUT2D eigenvalue weighted by atomic mass is 9.99. The van der Waals surface area contributed by atoms with Gasteiger partial charge in [0.25, 0.3) is 5.70 Å². The standard InChI is InChI=1S/C16H14N2O4/c19-10-11-4-6-14-12(8-11)2-1-3-15(14)16-7-5-13(18(21)22)9-17(16)20/h1-8,19-20H,9-10H2. The zero-order valence-corrected chi connectivity index (χ0v) is 11.6. The Hall–Kier alpha value is -2.70. The molecule has 2 aromatic rings. The lowest BCUT2D eigenvalue weighted by molar-refractivity contribution is -0.430. The van der Waals surface area contributed by atoms with Crippen molar-refractivity contribution in [2.24, 2.45) is 0 Å². The average Bonchev–Trinajstić information content (AvgIpc) is 2.53. The molecular formula is C16H14N2O4. The van der Waals surface area contributed by atoms with Crippen molar-refractivity contribution in [1.82, 2.24) is 5.06 Å². The Bertz CT molecular complexity index is 811. The molecule has 0 atom stereocenters. The SMILES string of the molecule is O=[N+]([O-])C1=CC=C(c2cccc3cc(CO)ccc23)N(O)C1. The Morgan fingerprint density at radius 1 is 1.23 bits per heavy atom. The van der Waals surface area contributed by atoms with Crippen LogP contribution in [0.1, 0.15) is 11.1 Å². The predicted octanol–water partition coefficient (Wildman–Crippen LogP) is 2.54. The minimum absolute atomic E-state index is 0.0378. The van der Waals surface area contributed by atoms with E-state index in [0.29, 0.717) is 5.70 Å². The summed E-state index contributed by atoms with van der Waals surface area (Å²) in [5.74, 6) is 0. The number of aliphatic hydroxyl groups excluding tert-OH is 1. The highest BCUT2D eigenvalue weighted by Gasteiger charge is 2.22. The van der Waals surface area contributed by atoms with Crippen LogP contribution < -0.4 is 0 Å². The summed E-state index contributed by atoms with van der Waals surface area (Å²) in [4.78, 5) is 10.3. The van der Waals surface area contributed by atoms with Gasteiger partial charge < -0.3 is 5.11 Å². The third kappa shape index (κ3) is 2.45. The number of aliphatic hydroxyl groups is 1. The normalized spacial score (nSPS) is 14.7. The van der Waals surface area contributed by atoms with Crippen molar-refractivity contribution < 1.29 is 15.2 Å². The van der Waals surface area contributed by atoms with Gasteiger partial charge in [-0.1, -0.05) is 30.3 Å². The largest absolute Gasteiger partial charge is 0.392 e. The molecule has 0 amide bonds. The number of benzene rings is 2. The number of allylic oxidation sites excluding steroid dienone is 2. The van der Waals surface area contributed by atoms with Gasteiger partial charge in [-0.15, -0.1) is 0 Å². The van der Waals surface area contributed by atoms with Crippen LogP contribution in [-0.2, 0) is 6.61 Å². The van der Waals surface area contributed by atoms with Crippen molar-refractivity contribution in [2.45, 2.75) is 6.61 Å². The molecule has 112 valence electrons. The first-order valence-corrected chi connectivity index (χ1v) is 6.74. The van der Waals surface area contributed by atoms with E-state index >= 15 is 0 Å². The number of nitrogens with zero attached hydrogens (tertiary/aromatic N) is 2. The molecule has 0 fully saturated rings. The Labute approximate surface area is 126 Å². The fraction of sp³-hybridized carbons (Fsp3) is 0.125. The van der Waals surface area contributed by atoms with Crippen LogP contribution in [0.15, 0.2) is 54.2 Å². The molecule has 1 heterocycles. The zero-order chi connectivity index (χ0) is 15.7. The van der Waals surface area contributed by atoms with Crippen LogP contribution in [0.3, 0.4) is 0 Å². The number of fused-ring (bicyclic) bond motifs is 1. The highest BCUT2D eigenvalue weighted by atomic mass is 16.6. The maximum atomic E-state index is 10.8. The molecule has 1 aliphatic heterocycles. The lowest BCUT2D eigenvalue weighted by Crippen LogP contribution is -2.25. The summed E-state index contributed by atoms with van der Waals surface area (Å²) in [6.45, 7) is -0.201. The summed E-state index contributed by atoms with van der Waals surface area (Å²) in [6, 6.07) is 11.2. The number of rotatable bonds is 3. The van der Waals surface area contributed by atoms with Crippen molar-refractivity contribution >= 4 is 16.5 Å². The predicted molar refractivity (Wildman–Crippen MR) is 81.4 cm³/mol. The highest BCUT2D eigenvalue weighted by Crippen LogP contribution is 2.30. The molecule has 6 nitrogen and oxygen atoms in total. The van der Waals surface area contributed by atoms with Gasteiger partial charge in [0.1, 0.15) is 6.54 Å². The zero-order valence-electron chi connectivity index (χ0n) is 11.6. The van der Waals surface area contributed by atoms with E-state index in [1.54, 1.807) is 0 Å². The molecule has 0 saturated carbocycles. The summed E-state index contributed by atoms with van der Waals surface area (Å²) in [5.41, 5.74) is 2.03. The molecular weight excluding hydrogens is 284 g/mol. The third-order valence-corrected chi connectivity index (χ3v) is 3.66. The smallest absolute Gasteiger partial charge is 0.268 e. The van der Waals surface area contributed by atoms with E-state index in [1.807, 2.05) is 36.4 Å². The lowest BCUT2D eigenvalue weighted by Gasteiger charge is -2.23. The second kappa shape index (κ2) is 5.59. The van der Waals surface area contributed by atoms with Gasteiger partial charge in [0.15, 0.2) is 0 Å². The first kappa shape index (κ1) is 14.2. The van der Waals surface area contributed by atoms with E-state index in [2.05, 4.69) is 0 Å². The van der Waals surface area contributed by atoms with Gasteiger partial charge in [0.2, 0.25) is 0 Å². The van der Waals surface area contributed by atoms with Crippen molar-refractivity contribution in [3.05, 3.63) is 75.5 Å². The number of nitro groups is 1. The second-order valence-corrected chi connectivity index (χ2v) is 5.04. The third-order valence-electron chi connectivity index (χ3n) is 3.66. The Morgan fingerprint density at radius 3 is 2.73 bits per heavy atom. The second-order valence-electron chi connectivity index (χ2n) is 5.04. The van der Waals surface area contributed by atoms with Gasteiger partial charge in [-0.2, -0.15) is 0 Å². The Balaban J connectivity index is 2.12. The van der Waals surface area contributed by atoms with Gasteiger partial charge in [-0.05, 0) is 28.5 Å². The van der Waals surface area contributed by atoms with E-state index in [9.17, 15) is 20.4 Å². The molecule has 0 spiro atoms. The average molecular weight is 298 g/mol. The molecule has 0 radical (unpaired) electrons. The van der Waals surface area contributed by atoms with Crippen molar-refractivity contribution in [3.8, 4) is 0 Å². The molecule has 0 aromatic heterocycles. The first-order chi connectivity index (χ1) is 10.6. The fourth-order valence-corrected chi connectivity index (χ4v) is 2.55. The van der Waals surface area contributed by atoms with Crippen LogP contribution in [-0.4, -0.2) is 26.8 Å². The fourth-order valence-electron chi connectivity index (χ4n) is 2.55. The van der Waals surface area contributed by atoms with E-state index in [1.165, 1.54) is 12.2 Å². The van der Waals surface area contributed by atoms with Crippen LogP contribution in [0.5, 0.6) is 0 Å². The van der Waals surface area contributed by atoms with E-state index in [-0.39, 0.29) is 18.8 Å². The van der Waals surface area contributed by atoms with Crippen LogP contribution in [0.25, 0.3) is 16.5 Å². The highest BCUT2D eigenvalue weighted by molar-refractivity contribution is 5.94. The van der Waals surface area contributed by atoms with Crippen LogP contribution in [0, 0.1) is 10.1 Å².